The number of rotatable bonds is 4. The summed E-state index contributed by atoms with van der Waals surface area (Å²) >= 11 is 0. The largest absolute Gasteiger partial charge is 0.326 e. The minimum Gasteiger partial charge on any atom is -0.326 e. The number of nitrogens with one attached hydrogen (secondary N) is 1. The zero-order valence-electron chi connectivity index (χ0n) is 11.0. The summed E-state index contributed by atoms with van der Waals surface area (Å²) in [6.07, 6.45) is 8.65. The van der Waals surface area contributed by atoms with Crippen LogP contribution in [0.5, 0.6) is 0 Å². The monoisotopic (exact) mass is 250 g/mol. The maximum Gasteiger partial charge on any atom is 0.225 e. The molecule has 1 saturated carbocycles. The third-order valence-corrected chi connectivity index (χ3v) is 3.58. The normalized spacial score (nSPS) is 16.8. The summed E-state index contributed by atoms with van der Waals surface area (Å²) in [6.45, 7) is 0.396. The third kappa shape index (κ3) is 3.32. The van der Waals surface area contributed by atoms with Crippen molar-refractivity contribution < 1.29 is 4.79 Å². The summed E-state index contributed by atoms with van der Waals surface area (Å²) in [7, 11) is 1.83. The van der Waals surface area contributed by atoms with Gasteiger partial charge < -0.3 is 11.1 Å². The minimum absolute atomic E-state index is 0.0651. The van der Waals surface area contributed by atoms with Crippen LogP contribution in [0.15, 0.2) is 6.20 Å². The molecule has 1 aromatic heterocycles. The van der Waals surface area contributed by atoms with E-state index in [0.29, 0.717) is 24.7 Å². The molecular weight excluding hydrogens is 228 g/mol. The van der Waals surface area contributed by atoms with Gasteiger partial charge in [-0.05, 0) is 18.8 Å². The van der Waals surface area contributed by atoms with Gasteiger partial charge in [-0.3, -0.25) is 9.48 Å². The SMILES string of the molecule is Cn1cc(CN)c(NC(=O)CC2CCCCC2)n1. The molecule has 100 valence electrons. The highest BCUT2D eigenvalue weighted by Gasteiger charge is 2.18. The lowest BCUT2D eigenvalue weighted by Crippen LogP contribution is -2.19. The van der Waals surface area contributed by atoms with Gasteiger partial charge in [0.15, 0.2) is 5.82 Å². The summed E-state index contributed by atoms with van der Waals surface area (Å²) in [5.41, 5.74) is 6.50. The summed E-state index contributed by atoms with van der Waals surface area (Å²) in [5.74, 6) is 1.22. The molecule has 18 heavy (non-hydrogen) atoms. The number of hydrogen-bond acceptors (Lipinski definition) is 3. The Morgan fingerprint density at radius 3 is 2.89 bits per heavy atom. The van der Waals surface area contributed by atoms with Crippen molar-refractivity contribution in [3.05, 3.63) is 11.8 Å². The van der Waals surface area contributed by atoms with Crippen molar-refractivity contribution >= 4 is 11.7 Å². The van der Waals surface area contributed by atoms with Gasteiger partial charge in [-0.25, -0.2) is 0 Å². The molecule has 1 aromatic rings. The molecular formula is C13H22N4O. The smallest absolute Gasteiger partial charge is 0.225 e. The molecule has 1 aliphatic rings. The number of amides is 1. The van der Waals surface area contributed by atoms with Crippen LogP contribution in [0.1, 0.15) is 44.1 Å². The van der Waals surface area contributed by atoms with Crippen molar-refractivity contribution in [3.8, 4) is 0 Å². The van der Waals surface area contributed by atoms with E-state index in [-0.39, 0.29) is 5.91 Å². The summed E-state index contributed by atoms with van der Waals surface area (Å²) in [4.78, 5) is 12.0. The second-order valence-corrected chi connectivity index (χ2v) is 5.14. The Kier molecular flexibility index (Phi) is 4.36. The number of carbonyl (C=O) groups is 1. The third-order valence-electron chi connectivity index (χ3n) is 3.58. The predicted octanol–water partition coefficient (Wildman–Crippen LogP) is 1.79. The van der Waals surface area contributed by atoms with Crippen LogP contribution >= 0.6 is 0 Å². The van der Waals surface area contributed by atoms with E-state index in [1.54, 1.807) is 4.68 Å². The highest BCUT2D eigenvalue weighted by molar-refractivity contribution is 5.90. The van der Waals surface area contributed by atoms with Gasteiger partial charge in [-0.1, -0.05) is 19.3 Å². The average Bonchev–Trinajstić information content (AvgIpc) is 2.70. The standard InChI is InChI=1S/C13H22N4O/c1-17-9-11(8-14)13(16-17)15-12(18)7-10-5-3-2-4-6-10/h9-10H,2-8,14H2,1H3,(H,15,16,18). The van der Waals surface area contributed by atoms with Gasteiger partial charge in [-0.2, -0.15) is 5.10 Å². The molecule has 5 heteroatoms. The lowest BCUT2D eigenvalue weighted by atomic mass is 9.87. The zero-order chi connectivity index (χ0) is 13.0. The number of hydrogen-bond donors (Lipinski definition) is 2. The number of anilines is 1. The Morgan fingerprint density at radius 2 is 2.22 bits per heavy atom. The first-order valence-electron chi connectivity index (χ1n) is 6.71. The van der Waals surface area contributed by atoms with E-state index in [1.165, 1.54) is 32.1 Å². The number of carbonyl (C=O) groups excluding carboxylic acids is 1. The lowest BCUT2D eigenvalue weighted by molar-refractivity contribution is -0.117. The maximum atomic E-state index is 12.0. The van der Waals surface area contributed by atoms with Crippen LogP contribution < -0.4 is 11.1 Å². The molecule has 0 radical (unpaired) electrons. The second-order valence-electron chi connectivity index (χ2n) is 5.14. The van der Waals surface area contributed by atoms with E-state index in [4.69, 9.17) is 5.73 Å². The van der Waals surface area contributed by atoms with E-state index in [1.807, 2.05) is 13.2 Å². The Hall–Kier alpha value is -1.36. The van der Waals surface area contributed by atoms with E-state index in [0.717, 1.165) is 5.56 Å². The molecule has 3 N–H and O–H groups in total. The van der Waals surface area contributed by atoms with Crippen molar-refractivity contribution in [2.75, 3.05) is 5.32 Å². The summed E-state index contributed by atoms with van der Waals surface area (Å²) < 4.78 is 1.68. The van der Waals surface area contributed by atoms with Crippen LogP contribution in [0.3, 0.4) is 0 Å². The average molecular weight is 250 g/mol. The van der Waals surface area contributed by atoms with E-state index in [2.05, 4.69) is 10.4 Å². The fraction of sp³-hybridized carbons (Fsp3) is 0.692. The lowest BCUT2D eigenvalue weighted by Gasteiger charge is -2.20. The molecule has 1 aliphatic carbocycles. The van der Waals surface area contributed by atoms with Crippen molar-refractivity contribution in [3.63, 3.8) is 0 Å². The number of nitrogens with two attached hydrogens (primary N) is 1. The van der Waals surface area contributed by atoms with Crippen LogP contribution in [-0.4, -0.2) is 15.7 Å². The second kappa shape index (κ2) is 6.00. The predicted molar refractivity (Wildman–Crippen MR) is 70.9 cm³/mol. The van der Waals surface area contributed by atoms with Crippen molar-refractivity contribution in [2.45, 2.75) is 45.1 Å². The van der Waals surface area contributed by atoms with Gasteiger partial charge in [-0.15, -0.1) is 0 Å². The van der Waals surface area contributed by atoms with E-state index >= 15 is 0 Å². The first kappa shape index (κ1) is 13.1. The van der Waals surface area contributed by atoms with Gasteiger partial charge in [0.1, 0.15) is 0 Å². The van der Waals surface area contributed by atoms with Crippen LogP contribution in [0.2, 0.25) is 0 Å². The van der Waals surface area contributed by atoms with Crippen LogP contribution in [0.25, 0.3) is 0 Å². The molecule has 0 spiro atoms. The van der Waals surface area contributed by atoms with Gasteiger partial charge in [0, 0.05) is 31.8 Å². The van der Waals surface area contributed by atoms with Crippen molar-refractivity contribution in [2.24, 2.45) is 18.7 Å². The highest BCUT2D eigenvalue weighted by atomic mass is 16.1. The Labute approximate surface area is 108 Å². The van der Waals surface area contributed by atoms with Gasteiger partial charge >= 0.3 is 0 Å². The molecule has 1 amide bonds. The molecule has 0 unspecified atom stereocenters. The molecule has 0 aromatic carbocycles. The Morgan fingerprint density at radius 1 is 1.50 bits per heavy atom. The van der Waals surface area contributed by atoms with Gasteiger partial charge in [0.05, 0.1) is 0 Å². The zero-order valence-corrected chi connectivity index (χ0v) is 11.0. The topological polar surface area (TPSA) is 72.9 Å². The van der Waals surface area contributed by atoms with Crippen LogP contribution in [-0.2, 0) is 18.4 Å². The van der Waals surface area contributed by atoms with Gasteiger partial charge in [0.2, 0.25) is 5.91 Å². The van der Waals surface area contributed by atoms with Crippen LogP contribution in [0, 0.1) is 5.92 Å². The fourth-order valence-corrected chi connectivity index (χ4v) is 2.63. The minimum atomic E-state index is 0.0651. The fourth-order valence-electron chi connectivity index (χ4n) is 2.63. The number of aromatic nitrogens is 2. The molecule has 5 nitrogen and oxygen atoms in total. The van der Waals surface area contributed by atoms with Crippen molar-refractivity contribution in [1.82, 2.24) is 9.78 Å². The molecule has 0 bridgehead atoms. The first-order valence-corrected chi connectivity index (χ1v) is 6.71. The molecule has 0 atom stereocenters. The molecule has 1 heterocycles. The number of nitrogens with zero attached hydrogens (tertiary/aromatic N) is 2. The quantitative estimate of drug-likeness (QED) is 0.855. The first-order chi connectivity index (χ1) is 8.69. The number of aryl methyl sites for hydroxylation is 1. The molecule has 0 aliphatic heterocycles. The van der Waals surface area contributed by atoms with Gasteiger partial charge in [0.25, 0.3) is 0 Å². The van der Waals surface area contributed by atoms with E-state index < -0.39 is 0 Å². The Bertz CT molecular complexity index is 407. The maximum absolute atomic E-state index is 12.0. The Balaban J connectivity index is 1.89. The molecule has 2 rings (SSSR count). The summed E-state index contributed by atoms with van der Waals surface area (Å²) in [5, 5.41) is 7.10. The highest BCUT2D eigenvalue weighted by Crippen LogP contribution is 2.26. The van der Waals surface area contributed by atoms with Crippen LogP contribution in [0.4, 0.5) is 5.82 Å². The van der Waals surface area contributed by atoms with E-state index in [9.17, 15) is 4.79 Å². The molecule has 1 fully saturated rings. The van der Waals surface area contributed by atoms with Crippen molar-refractivity contribution in [1.29, 1.82) is 0 Å². The molecule has 0 saturated heterocycles. The summed E-state index contributed by atoms with van der Waals surface area (Å²) in [6, 6.07) is 0.